The molecule has 3 rings (SSSR count). The van der Waals surface area contributed by atoms with Crippen LogP contribution in [0.15, 0.2) is 25.3 Å². The highest BCUT2D eigenvalue weighted by molar-refractivity contribution is 5.81. The summed E-state index contributed by atoms with van der Waals surface area (Å²) in [7, 11) is 0. The van der Waals surface area contributed by atoms with Crippen molar-refractivity contribution >= 4 is 17.0 Å². The number of hydrogen-bond donors (Lipinski definition) is 2. The molecule has 21 heavy (non-hydrogen) atoms. The standard InChI is InChI=1S/C13H17N5O3/c1-2-3-20-8-4-10(21-9(8)5-19)18-7-17-11-12(14)15-6-16-13(11)18/h2,6-10,19H,1,3-5H2,(H2,14,15,16)/t8-,9-,10-/m1/s1. The number of anilines is 1. The van der Waals surface area contributed by atoms with E-state index in [0.29, 0.717) is 30.0 Å². The number of aromatic nitrogens is 4. The monoisotopic (exact) mass is 291 g/mol. The number of nitrogens with zero attached hydrogens (tertiary/aromatic N) is 4. The fraction of sp³-hybridized carbons (Fsp3) is 0.462. The van der Waals surface area contributed by atoms with Crippen molar-refractivity contribution in [3.8, 4) is 0 Å². The third kappa shape index (κ3) is 2.48. The number of ether oxygens (including phenoxy) is 2. The van der Waals surface area contributed by atoms with Crippen LogP contribution in [0.2, 0.25) is 0 Å². The van der Waals surface area contributed by atoms with Crippen molar-refractivity contribution in [1.29, 1.82) is 0 Å². The summed E-state index contributed by atoms with van der Waals surface area (Å²) in [5.74, 6) is 0.329. The lowest BCUT2D eigenvalue weighted by Crippen LogP contribution is -2.27. The summed E-state index contributed by atoms with van der Waals surface area (Å²) in [5, 5.41) is 9.41. The molecule has 0 saturated carbocycles. The lowest BCUT2D eigenvalue weighted by atomic mass is 10.2. The summed E-state index contributed by atoms with van der Waals surface area (Å²) >= 11 is 0. The van der Waals surface area contributed by atoms with Crippen LogP contribution in [0.25, 0.3) is 11.2 Å². The summed E-state index contributed by atoms with van der Waals surface area (Å²) in [6, 6.07) is 0. The maximum Gasteiger partial charge on any atom is 0.167 e. The molecule has 2 aromatic heterocycles. The third-order valence-electron chi connectivity index (χ3n) is 3.49. The maximum absolute atomic E-state index is 9.41. The minimum atomic E-state index is -0.383. The first kappa shape index (κ1) is 13.9. The lowest BCUT2D eigenvalue weighted by Gasteiger charge is -2.15. The maximum atomic E-state index is 9.41. The van der Waals surface area contributed by atoms with Crippen LogP contribution in [0.5, 0.6) is 0 Å². The van der Waals surface area contributed by atoms with Crippen molar-refractivity contribution < 1.29 is 14.6 Å². The molecule has 8 nitrogen and oxygen atoms in total. The number of rotatable bonds is 5. The number of fused-ring (bicyclic) bond motifs is 1. The molecule has 3 atom stereocenters. The van der Waals surface area contributed by atoms with E-state index in [1.54, 1.807) is 17.0 Å². The molecule has 2 aromatic rings. The number of nitrogen functional groups attached to an aromatic ring is 1. The van der Waals surface area contributed by atoms with E-state index in [0.717, 1.165) is 0 Å². The molecule has 0 spiro atoms. The van der Waals surface area contributed by atoms with Crippen LogP contribution in [-0.4, -0.2) is 50.0 Å². The van der Waals surface area contributed by atoms with E-state index in [1.165, 1.54) is 6.33 Å². The summed E-state index contributed by atoms with van der Waals surface area (Å²) in [6.07, 6.45) is 4.37. The number of aliphatic hydroxyl groups excluding tert-OH is 1. The summed E-state index contributed by atoms with van der Waals surface area (Å²) in [5.41, 5.74) is 6.92. The zero-order valence-corrected chi connectivity index (χ0v) is 11.4. The van der Waals surface area contributed by atoms with Crippen molar-refractivity contribution in [3.63, 3.8) is 0 Å². The first-order valence-corrected chi connectivity index (χ1v) is 6.66. The summed E-state index contributed by atoms with van der Waals surface area (Å²) in [4.78, 5) is 12.3. The van der Waals surface area contributed by atoms with Gasteiger partial charge in [-0.2, -0.15) is 0 Å². The molecular formula is C13H17N5O3. The highest BCUT2D eigenvalue weighted by Gasteiger charge is 2.37. The molecular weight excluding hydrogens is 274 g/mol. The average Bonchev–Trinajstić information content (AvgIpc) is 3.09. The highest BCUT2D eigenvalue weighted by Crippen LogP contribution is 2.32. The molecule has 0 aromatic carbocycles. The summed E-state index contributed by atoms with van der Waals surface area (Å²) in [6.45, 7) is 3.92. The van der Waals surface area contributed by atoms with E-state index in [9.17, 15) is 5.11 Å². The smallest absolute Gasteiger partial charge is 0.167 e. The highest BCUT2D eigenvalue weighted by atomic mass is 16.6. The molecule has 3 N–H and O–H groups in total. The zero-order chi connectivity index (χ0) is 14.8. The lowest BCUT2D eigenvalue weighted by molar-refractivity contribution is -0.0561. The molecule has 8 heteroatoms. The van der Waals surface area contributed by atoms with Crippen LogP contribution >= 0.6 is 0 Å². The number of imidazole rings is 1. The average molecular weight is 291 g/mol. The topological polar surface area (TPSA) is 108 Å². The largest absolute Gasteiger partial charge is 0.394 e. The number of nitrogens with two attached hydrogens (primary N) is 1. The van der Waals surface area contributed by atoms with Crippen LogP contribution in [0.1, 0.15) is 12.6 Å². The van der Waals surface area contributed by atoms with E-state index in [1.807, 2.05) is 0 Å². The van der Waals surface area contributed by atoms with Crippen LogP contribution < -0.4 is 5.73 Å². The van der Waals surface area contributed by atoms with Crippen LogP contribution in [-0.2, 0) is 9.47 Å². The van der Waals surface area contributed by atoms with E-state index in [-0.39, 0.29) is 25.0 Å². The molecule has 112 valence electrons. The van der Waals surface area contributed by atoms with E-state index in [2.05, 4.69) is 21.5 Å². The predicted molar refractivity (Wildman–Crippen MR) is 75.3 cm³/mol. The Kier molecular flexibility index (Phi) is 3.82. The Morgan fingerprint density at radius 2 is 2.38 bits per heavy atom. The summed E-state index contributed by atoms with van der Waals surface area (Å²) < 4.78 is 13.2. The van der Waals surface area contributed by atoms with Crippen molar-refractivity contribution in [2.45, 2.75) is 24.9 Å². The van der Waals surface area contributed by atoms with Gasteiger partial charge in [0.2, 0.25) is 0 Å². The van der Waals surface area contributed by atoms with Gasteiger partial charge in [-0.1, -0.05) is 6.08 Å². The Hall–Kier alpha value is -2.03. The third-order valence-corrected chi connectivity index (χ3v) is 3.49. The van der Waals surface area contributed by atoms with Gasteiger partial charge in [0.05, 0.1) is 25.6 Å². The molecule has 1 aliphatic heterocycles. The minimum Gasteiger partial charge on any atom is -0.394 e. The molecule has 3 heterocycles. The molecule has 0 unspecified atom stereocenters. The molecule has 0 amide bonds. The first-order chi connectivity index (χ1) is 10.2. The Labute approximate surface area is 121 Å². The first-order valence-electron chi connectivity index (χ1n) is 6.66. The van der Waals surface area contributed by atoms with Gasteiger partial charge >= 0.3 is 0 Å². The van der Waals surface area contributed by atoms with Gasteiger partial charge in [0.25, 0.3) is 0 Å². The minimum absolute atomic E-state index is 0.109. The van der Waals surface area contributed by atoms with Gasteiger partial charge in [0, 0.05) is 6.42 Å². The number of aliphatic hydroxyl groups is 1. The second kappa shape index (κ2) is 5.76. The Morgan fingerprint density at radius 1 is 1.52 bits per heavy atom. The van der Waals surface area contributed by atoms with Gasteiger partial charge in [-0.15, -0.1) is 6.58 Å². The molecule has 1 fully saturated rings. The fourth-order valence-corrected chi connectivity index (χ4v) is 2.48. The van der Waals surface area contributed by atoms with E-state index in [4.69, 9.17) is 15.2 Å². The zero-order valence-electron chi connectivity index (χ0n) is 11.4. The molecule has 0 aliphatic carbocycles. The van der Waals surface area contributed by atoms with Gasteiger partial charge in [0.15, 0.2) is 11.5 Å². The Bertz CT molecular complexity index is 644. The second-order valence-electron chi connectivity index (χ2n) is 4.79. The quantitative estimate of drug-likeness (QED) is 0.760. The van der Waals surface area contributed by atoms with Crippen molar-refractivity contribution in [1.82, 2.24) is 19.5 Å². The second-order valence-corrected chi connectivity index (χ2v) is 4.79. The predicted octanol–water partition coefficient (Wildman–Crippen LogP) is 0.260. The molecule has 0 bridgehead atoms. The van der Waals surface area contributed by atoms with E-state index < -0.39 is 0 Å². The van der Waals surface area contributed by atoms with Gasteiger partial charge in [-0.05, 0) is 0 Å². The Balaban J connectivity index is 1.86. The molecule has 1 saturated heterocycles. The van der Waals surface area contributed by atoms with Gasteiger partial charge in [-0.3, -0.25) is 4.57 Å². The van der Waals surface area contributed by atoms with Crippen LogP contribution in [0.4, 0.5) is 5.82 Å². The van der Waals surface area contributed by atoms with Gasteiger partial charge in [0.1, 0.15) is 24.2 Å². The SMILES string of the molecule is C=CCO[C@@H]1C[C@H](n2cnc3c(N)ncnc32)O[C@@H]1CO. The van der Waals surface area contributed by atoms with Crippen molar-refractivity contribution in [3.05, 3.63) is 25.3 Å². The Morgan fingerprint density at radius 3 is 3.14 bits per heavy atom. The fourth-order valence-electron chi connectivity index (χ4n) is 2.48. The number of hydrogen-bond acceptors (Lipinski definition) is 7. The normalized spacial score (nSPS) is 25.5. The van der Waals surface area contributed by atoms with Crippen molar-refractivity contribution in [2.75, 3.05) is 18.9 Å². The van der Waals surface area contributed by atoms with Gasteiger partial charge < -0.3 is 20.3 Å². The van der Waals surface area contributed by atoms with Crippen LogP contribution in [0.3, 0.4) is 0 Å². The van der Waals surface area contributed by atoms with Gasteiger partial charge in [-0.25, -0.2) is 15.0 Å². The molecule has 1 aliphatic rings. The van der Waals surface area contributed by atoms with Crippen LogP contribution in [0, 0.1) is 0 Å². The van der Waals surface area contributed by atoms with Crippen molar-refractivity contribution in [2.24, 2.45) is 0 Å². The molecule has 0 radical (unpaired) electrons. The van der Waals surface area contributed by atoms with E-state index >= 15 is 0 Å².